The molecule has 3 nitrogen and oxygen atoms in total. The smallest absolute Gasteiger partial charge is 0.311 e. The first kappa shape index (κ1) is 10.3. The summed E-state index contributed by atoms with van der Waals surface area (Å²) in [6, 6.07) is 0. The van der Waals surface area contributed by atoms with E-state index in [4.69, 9.17) is 5.11 Å². The molecule has 1 heterocycles. The monoisotopic (exact) mass is 183 g/mol. The maximum absolute atomic E-state index is 11.1. The van der Waals surface area contributed by atoms with Crippen LogP contribution in [0.5, 0.6) is 0 Å². The second-order valence-corrected chi connectivity index (χ2v) is 3.64. The van der Waals surface area contributed by atoms with Gasteiger partial charge in [0, 0.05) is 6.54 Å². The van der Waals surface area contributed by atoms with Crippen LogP contribution in [0.2, 0.25) is 0 Å². The topological polar surface area (TPSA) is 49.3 Å². The lowest BCUT2D eigenvalue weighted by molar-refractivity contribution is -0.149. The van der Waals surface area contributed by atoms with Crippen molar-refractivity contribution in [1.82, 2.24) is 5.32 Å². The van der Waals surface area contributed by atoms with Crippen LogP contribution in [0.15, 0.2) is 12.2 Å². The summed E-state index contributed by atoms with van der Waals surface area (Å²) < 4.78 is 0. The average Bonchev–Trinajstić information content (AvgIpc) is 2.16. The second kappa shape index (κ2) is 4.42. The number of hydrogen-bond donors (Lipinski definition) is 2. The molecule has 1 aliphatic heterocycles. The van der Waals surface area contributed by atoms with Crippen molar-refractivity contribution >= 4 is 5.97 Å². The lowest BCUT2D eigenvalue weighted by atomic mass is 9.78. The van der Waals surface area contributed by atoms with Crippen molar-refractivity contribution in [3.05, 3.63) is 12.2 Å². The minimum absolute atomic E-state index is 0.551. The maximum Gasteiger partial charge on any atom is 0.311 e. The van der Waals surface area contributed by atoms with Gasteiger partial charge in [-0.25, -0.2) is 0 Å². The highest BCUT2D eigenvalue weighted by Gasteiger charge is 2.38. The summed E-state index contributed by atoms with van der Waals surface area (Å²) in [7, 11) is 0. The van der Waals surface area contributed by atoms with E-state index in [-0.39, 0.29) is 0 Å². The Morgan fingerprint density at radius 2 is 2.46 bits per heavy atom. The molecule has 1 saturated heterocycles. The first-order chi connectivity index (χ1) is 6.21. The lowest BCUT2D eigenvalue weighted by Gasteiger charge is -2.32. The van der Waals surface area contributed by atoms with Gasteiger partial charge in [0.25, 0.3) is 0 Å². The zero-order chi connectivity index (χ0) is 9.73. The largest absolute Gasteiger partial charge is 0.481 e. The summed E-state index contributed by atoms with van der Waals surface area (Å²) >= 11 is 0. The standard InChI is InChI=1S/C10H17NO2/c1-2-3-5-10(9(12)13)6-4-7-11-8-10/h2-3,11H,4-8H2,1H3,(H,12,13). The van der Waals surface area contributed by atoms with Crippen molar-refractivity contribution in [3.8, 4) is 0 Å². The number of aliphatic carboxylic acids is 1. The minimum atomic E-state index is -0.669. The van der Waals surface area contributed by atoms with E-state index >= 15 is 0 Å². The molecule has 0 amide bonds. The third-order valence-electron chi connectivity index (χ3n) is 2.67. The quantitative estimate of drug-likeness (QED) is 0.650. The van der Waals surface area contributed by atoms with Crippen molar-refractivity contribution in [2.24, 2.45) is 5.41 Å². The van der Waals surface area contributed by atoms with E-state index in [1.807, 2.05) is 19.1 Å². The van der Waals surface area contributed by atoms with Crippen LogP contribution in [0.1, 0.15) is 26.2 Å². The fourth-order valence-electron chi connectivity index (χ4n) is 1.76. The van der Waals surface area contributed by atoms with Crippen LogP contribution >= 0.6 is 0 Å². The number of nitrogens with one attached hydrogen (secondary N) is 1. The Bertz CT molecular complexity index is 205. The van der Waals surface area contributed by atoms with Gasteiger partial charge in [0.05, 0.1) is 5.41 Å². The van der Waals surface area contributed by atoms with Crippen LogP contribution in [-0.2, 0) is 4.79 Å². The van der Waals surface area contributed by atoms with Crippen molar-refractivity contribution in [2.45, 2.75) is 26.2 Å². The van der Waals surface area contributed by atoms with Crippen molar-refractivity contribution in [1.29, 1.82) is 0 Å². The number of carboxylic acids is 1. The predicted molar refractivity (Wildman–Crippen MR) is 51.6 cm³/mol. The Labute approximate surface area is 78.8 Å². The molecule has 1 unspecified atom stereocenters. The summed E-state index contributed by atoms with van der Waals surface area (Å²) in [5.41, 5.74) is -0.551. The number of allylic oxidation sites excluding steroid dienone is 2. The molecule has 1 aliphatic rings. The molecule has 0 spiro atoms. The number of piperidine rings is 1. The molecule has 13 heavy (non-hydrogen) atoms. The van der Waals surface area contributed by atoms with Gasteiger partial charge in [0.15, 0.2) is 0 Å². The van der Waals surface area contributed by atoms with Crippen molar-refractivity contribution in [3.63, 3.8) is 0 Å². The Morgan fingerprint density at radius 3 is 2.92 bits per heavy atom. The maximum atomic E-state index is 11.1. The van der Waals surface area contributed by atoms with E-state index in [2.05, 4.69) is 5.32 Å². The number of carboxylic acid groups (broad SMARTS) is 1. The van der Waals surface area contributed by atoms with Crippen molar-refractivity contribution in [2.75, 3.05) is 13.1 Å². The molecule has 1 atom stereocenters. The van der Waals surface area contributed by atoms with Crippen LogP contribution in [0, 0.1) is 5.41 Å². The third-order valence-corrected chi connectivity index (χ3v) is 2.67. The van der Waals surface area contributed by atoms with Crippen molar-refractivity contribution < 1.29 is 9.90 Å². The summed E-state index contributed by atoms with van der Waals surface area (Å²) in [4.78, 5) is 11.1. The van der Waals surface area contributed by atoms with E-state index in [1.54, 1.807) is 0 Å². The normalized spacial score (nSPS) is 29.3. The second-order valence-electron chi connectivity index (χ2n) is 3.64. The lowest BCUT2D eigenvalue weighted by Crippen LogP contribution is -2.45. The first-order valence-corrected chi connectivity index (χ1v) is 4.76. The zero-order valence-electron chi connectivity index (χ0n) is 8.05. The number of carbonyl (C=O) groups is 1. The molecule has 0 aliphatic carbocycles. The Balaban J connectivity index is 2.67. The van der Waals surface area contributed by atoms with Gasteiger partial charge in [-0.2, -0.15) is 0 Å². The van der Waals surface area contributed by atoms with Gasteiger partial charge in [0.1, 0.15) is 0 Å². The Kier molecular flexibility index (Phi) is 3.48. The Hall–Kier alpha value is -0.830. The van der Waals surface area contributed by atoms with E-state index in [9.17, 15) is 4.79 Å². The molecule has 3 heteroatoms. The van der Waals surface area contributed by atoms with Gasteiger partial charge in [-0.15, -0.1) is 0 Å². The molecule has 1 fully saturated rings. The molecule has 0 bridgehead atoms. The highest BCUT2D eigenvalue weighted by atomic mass is 16.4. The summed E-state index contributed by atoms with van der Waals surface area (Å²) in [6.07, 6.45) is 6.26. The molecule has 0 saturated carbocycles. The SMILES string of the molecule is CC=CCC1(C(=O)O)CCCNC1. The minimum Gasteiger partial charge on any atom is -0.481 e. The molecule has 0 aromatic rings. The van der Waals surface area contributed by atoms with Crippen LogP contribution < -0.4 is 5.32 Å². The molecule has 74 valence electrons. The van der Waals surface area contributed by atoms with E-state index in [0.29, 0.717) is 13.0 Å². The van der Waals surface area contributed by atoms with Gasteiger partial charge in [0.2, 0.25) is 0 Å². The fraction of sp³-hybridized carbons (Fsp3) is 0.700. The fourth-order valence-corrected chi connectivity index (χ4v) is 1.76. The molecule has 2 N–H and O–H groups in total. The van der Waals surface area contributed by atoms with E-state index in [1.165, 1.54) is 0 Å². The van der Waals surface area contributed by atoms with Crippen LogP contribution in [0.25, 0.3) is 0 Å². The summed E-state index contributed by atoms with van der Waals surface area (Å²) in [5.74, 6) is -0.669. The van der Waals surface area contributed by atoms with Crippen LogP contribution in [0.4, 0.5) is 0 Å². The molecule has 0 aromatic heterocycles. The van der Waals surface area contributed by atoms with Crippen LogP contribution in [-0.4, -0.2) is 24.2 Å². The predicted octanol–water partition coefficient (Wildman–Crippen LogP) is 1.41. The van der Waals surface area contributed by atoms with Gasteiger partial charge >= 0.3 is 5.97 Å². The molecule has 1 rings (SSSR count). The highest BCUT2D eigenvalue weighted by molar-refractivity contribution is 5.75. The summed E-state index contributed by atoms with van der Waals surface area (Å²) in [6.45, 7) is 3.48. The number of rotatable bonds is 3. The van der Waals surface area contributed by atoms with Crippen LogP contribution in [0.3, 0.4) is 0 Å². The third kappa shape index (κ3) is 2.31. The van der Waals surface area contributed by atoms with E-state index in [0.717, 1.165) is 19.4 Å². The van der Waals surface area contributed by atoms with Gasteiger partial charge < -0.3 is 10.4 Å². The van der Waals surface area contributed by atoms with Gasteiger partial charge in [-0.1, -0.05) is 12.2 Å². The summed E-state index contributed by atoms with van der Waals surface area (Å²) in [5, 5.41) is 12.3. The van der Waals surface area contributed by atoms with Gasteiger partial charge in [-0.05, 0) is 32.7 Å². The Morgan fingerprint density at radius 1 is 1.69 bits per heavy atom. The average molecular weight is 183 g/mol. The molecular formula is C10H17NO2. The molecular weight excluding hydrogens is 166 g/mol. The van der Waals surface area contributed by atoms with Gasteiger partial charge in [-0.3, -0.25) is 4.79 Å². The number of hydrogen-bond acceptors (Lipinski definition) is 2. The zero-order valence-corrected chi connectivity index (χ0v) is 8.05. The molecule has 0 radical (unpaired) electrons. The van der Waals surface area contributed by atoms with E-state index < -0.39 is 11.4 Å². The highest BCUT2D eigenvalue weighted by Crippen LogP contribution is 2.30. The molecule has 0 aromatic carbocycles. The first-order valence-electron chi connectivity index (χ1n) is 4.76.